The van der Waals surface area contributed by atoms with Gasteiger partial charge in [0.25, 0.3) is 0 Å². The molecule has 0 aliphatic carbocycles. The molecule has 0 spiro atoms. The highest BCUT2D eigenvalue weighted by molar-refractivity contribution is 5.90. The van der Waals surface area contributed by atoms with Crippen molar-refractivity contribution < 1.29 is 13.6 Å². The smallest absolute Gasteiger partial charge is 0.182 e. The quantitative estimate of drug-likeness (QED) is 0.131. The summed E-state index contributed by atoms with van der Waals surface area (Å²) in [6, 6.07) is 35.2. The van der Waals surface area contributed by atoms with Crippen LogP contribution in [0.2, 0.25) is 0 Å². The highest BCUT2D eigenvalue weighted by Crippen LogP contribution is 2.34. The number of ketones is 1. The first-order chi connectivity index (χ1) is 27.5. The third-order valence-electron chi connectivity index (χ3n) is 11.2. The normalized spacial score (nSPS) is 17.1. The number of carbonyl (C=O) groups excluding carboxylic acids is 1. The van der Waals surface area contributed by atoms with Crippen molar-refractivity contribution in [3.63, 3.8) is 0 Å². The van der Waals surface area contributed by atoms with Crippen molar-refractivity contribution >= 4 is 17.4 Å². The zero-order chi connectivity index (χ0) is 38.3. The molecule has 288 valence electrons. The highest BCUT2D eigenvalue weighted by Gasteiger charge is 2.41. The van der Waals surface area contributed by atoms with Crippen LogP contribution >= 0.6 is 0 Å². The predicted octanol–water partition coefficient (Wildman–Crippen LogP) is 6.23. The first kappa shape index (κ1) is 37.3. The number of nitrogens with zero attached hydrogens (tertiary/aromatic N) is 6. The number of anilines is 2. The molecule has 2 atom stereocenters. The van der Waals surface area contributed by atoms with Crippen LogP contribution in [0, 0.1) is 0 Å². The average molecular weight is 751 g/mol. The van der Waals surface area contributed by atoms with Gasteiger partial charge in [0, 0.05) is 76.6 Å². The number of pyridine rings is 2. The van der Waals surface area contributed by atoms with Crippen LogP contribution in [0.3, 0.4) is 0 Å². The SMILES string of the molecule is Nc1cccc(-c2ccc(CCN3CCN(C(C(=O)C(c4ccco4)N4CCN(CCc5ccc(-c6cccc(N)n6)cc5)CC4)c4ccco4)CC3)cc2)n1. The Morgan fingerprint density at radius 1 is 0.536 bits per heavy atom. The van der Waals surface area contributed by atoms with Gasteiger partial charge in [0.05, 0.1) is 23.9 Å². The summed E-state index contributed by atoms with van der Waals surface area (Å²) >= 11 is 0. The summed E-state index contributed by atoms with van der Waals surface area (Å²) in [4.78, 5) is 33.3. The van der Waals surface area contributed by atoms with Gasteiger partial charge in [-0.2, -0.15) is 0 Å². The molecule has 11 nitrogen and oxygen atoms in total. The third kappa shape index (κ3) is 8.93. The van der Waals surface area contributed by atoms with Crippen LogP contribution < -0.4 is 11.5 Å². The maximum atomic E-state index is 14.9. The number of rotatable bonds is 14. The third-order valence-corrected chi connectivity index (χ3v) is 11.2. The van der Waals surface area contributed by atoms with Gasteiger partial charge in [0.15, 0.2) is 5.78 Å². The molecule has 2 unspecified atom stereocenters. The van der Waals surface area contributed by atoms with E-state index in [9.17, 15) is 4.79 Å². The minimum atomic E-state index is -0.501. The summed E-state index contributed by atoms with van der Waals surface area (Å²) in [5, 5.41) is 0. The first-order valence-electron chi connectivity index (χ1n) is 19.6. The van der Waals surface area contributed by atoms with Gasteiger partial charge < -0.3 is 30.1 Å². The Hall–Kier alpha value is -5.59. The molecule has 8 rings (SSSR count). The van der Waals surface area contributed by atoms with Crippen LogP contribution in [0.25, 0.3) is 22.5 Å². The number of furan rings is 2. The molecule has 6 heterocycles. The second-order valence-electron chi connectivity index (χ2n) is 14.8. The van der Waals surface area contributed by atoms with E-state index in [1.54, 1.807) is 24.7 Å². The van der Waals surface area contributed by atoms with Crippen molar-refractivity contribution in [3.05, 3.63) is 144 Å². The summed E-state index contributed by atoms with van der Waals surface area (Å²) in [7, 11) is 0. The van der Waals surface area contributed by atoms with E-state index < -0.39 is 12.1 Å². The molecule has 6 aromatic rings. The number of benzene rings is 2. The Kier molecular flexibility index (Phi) is 11.6. The fraction of sp³-hybridized carbons (Fsp3) is 0.311. The molecule has 2 aliphatic heterocycles. The summed E-state index contributed by atoms with van der Waals surface area (Å²) in [5.74, 6) is 2.52. The van der Waals surface area contributed by atoms with Crippen molar-refractivity contribution in [3.8, 4) is 22.5 Å². The Morgan fingerprint density at radius 2 is 0.946 bits per heavy atom. The second kappa shape index (κ2) is 17.5. The molecule has 2 aliphatic rings. The van der Waals surface area contributed by atoms with Crippen LogP contribution in [0.4, 0.5) is 11.6 Å². The lowest BCUT2D eigenvalue weighted by Gasteiger charge is -2.42. The monoisotopic (exact) mass is 750 g/mol. The van der Waals surface area contributed by atoms with Gasteiger partial charge in [-0.05, 0) is 72.5 Å². The van der Waals surface area contributed by atoms with E-state index in [1.807, 2.05) is 48.5 Å². The van der Waals surface area contributed by atoms with Crippen molar-refractivity contribution in [2.75, 3.05) is 76.9 Å². The number of piperazine rings is 2. The number of aromatic nitrogens is 2. The minimum absolute atomic E-state index is 0.0984. The van der Waals surface area contributed by atoms with E-state index in [0.29, 0.717) is 23.2 Å². The lowest BCUT2D eigenvalue weighted by molar-refractivity contribution is -0.133. The Labute approximate surface area is 328 Å². The highest BCUT2D eigenvalue weighted by atomic mass is 16.3. The summed E-state index contributed by atoms with van der Waals surface area (Å²) in [5.41, 5.74) is 18.2. The van der Waals surface area contributed by atoms with Gasteiger partial charge in [-0.1, -0.05) is 60.7 Å². The molecule has 4 aromatic heterocycles. The van der Waals surface area contributed by atoms with Crippen LogP contribution in [0.1, 0.15) is 34.7 Å². The molecule has 2 aromatic carbocycles. The van der Waals surface area contributed by atoms with Crippen molar-refractivity contribution in [1.82, 2.24) is 29.6 Å². The van der Waals surface area contributed by atoms with Crippen LogP contribution in [0.5, 0.6) is 0 Å². The van der Waals surface area contributed by atoms with E-state index in [-0.39, 0.29) is 5.78 Å². The number of Topliss-reactive ketones (excluding diaryl/α,β-unsaturated/α-hetero) is 1. The number of hydrogen-bond donors (Lipinski definition) is 2. The fourth-order valence-electron chi connectivity index (χ4n) is 8.02. The van der Waals surface area contributed by atoms with E-state index in [1.165, 1.54) is 11.1 Å². The molecular weight excluding hydrogens is 701 g/mol. The van der Waals surface area contributed by atoms with Crippen LogP contribution in [-0.4, -0.2) is 101 Å². The second-order valence-corrected chi connectivity index (χ2v) is 14.8. The number of nitrogens with two attached hydrogens (primary N) is 2. The lowest BCUT2D eigenvalue weighted by atomic mass is 9.96. The largest absolute Gasteiger partial charge is 0.467 e. The molecular formula is C45H50N8O3. The Balaban J connectivity index is 0.869. The zero-order valence-corrected chi connectivity index (χ0v) is 31.7. The van der Waals surface area contributed by atoms with Crippen molar-refractivity contribution in [2.45, 2.75) is 24.9 Å². The molecule has 2 saturated heterocycles. The lowest BCUT2D eigenvalue weighted by Crippen LogP contribution is -2.53. The maximum Gasteiger partial charge on any atom is 0.182 e. The predicted molar refractivity (Wildman–Crippen MR) is 220 cm³/mol. The Bertz CT molecular complexity index is 1990. The van der Waals surface area contributed by atoms with Crippen LogP contribution in [-0.2, 0) is 17.6 Å². The summed E-state index contributed by atoms with van der Waals surface area (Å²) in [6.07, 6.45) is 5.24. The van der Waals surface area contributed by atoms with E-state index in [2.05, 4.69) is 78.1 Å². The van der Waals surface area contributed by atoms with Gasteiger partial charge in [0.1, 0.15) is 35.2 Å². The van der Waals surface area contributed by atoms with Crippen LogP contribution in [0.15, 0.2) is 131 Å². The molecule has 4 N–H and O–H groups in total. The number of nitrogen functional groups attached to an aromatic ring is 2. The molecule has 0 amide bonds. The number of carbonyl (C=O) groups is 1. The minimum Gasteiger partial charge on any atom is -0.467 e. The summed E-state index contributed by atoms with van der Waals surface area (Å²) < 4.78 is 12.0. The standard InChI is InChI=1S/C45H50N8O3/c46-41-9-1-5-37(48-41)35-15-11-33(12-16-35)19-21-50-23-27-52(28-24-50)43(39-7-3-31-55-39)45(54)44(40-8-4-32-56-40)53-29-25-51(26-30-53)22-20-34-13-17-36(18-14-34)38-6-2-10-42(47)49-38/h1-18,31-32,43-44H,19-30H2,(H2,46,48)(H2,47,49). The van der Waals surface area contributed by atoms with Crippen molar-refractivity contribution in [1.29, 1.82) is 0 Å². The zero-order valence-electron chi connectivity index (χ0n) is 31.7. The molecule has 56 heavy (non-hydrogen) atoms. The van der Waals surface area contributed by atoms with Gasteiger partial charge >= 0.3 is 0 Å². The van der Waals surface area contributed by atoms with Gasteiger partial charge in [-0.25, -0.2) is 9.97 Å². The molecule has 0 saturated carbocycles. The molecule has 2 fully saturated rings. The molecule has 11 heteroatoms. The topological polar surface area (TPSA) is 134 Å². The maximum absolute atomic E-state index is 14.9. The van der Waals surface area contributed by atoms with E-state index in [0.717, 1.165) is 101 Å². The van der Waals surface area contributed by atoms with E-state index >= 15 is 0 Å². The van der Waals surface area contributed by atoms with Gasteiger partial charge in [-0.15, -0.1) is 0 Å². The van der Waals surface area contributed by atoms with Gasteiger partial charge in [0.2, 0.25) is 0 Å². The first-order valence-corrected chi connectivity index (χ1v) is 19.6. The van der Waals surface area contributed by atoms with E-state index in [4.69, 9.17) is 20.3 Å². The number of hydrogen-bond acceptors (Lipinski definition) is 11. The van der Waals surface area contributed by atoms with Crippen molar-refractivity contribution in [2.24, 2.45) is 0 Å². The molecule has 0 bridgehead atoms. The molecule has 0 radical (unpaired) electrons. The Morgan fingerprint density at radius 3 is 1.30 bits per heavy atom. The average Bonchev–Trinajstić information content (AvgIpc) is 3.97. The fourth-order valence-corrected chi connectivity index (χ4v) is 8.02. The van der Waals surface area contributed by atoms with Gasteiger partial charge in [-0.3, -0.25) is 14.6 Å². The summed E-state index contributed by atoms with van der Waals surface area (Å²) in [6.45, 7) is 8.49.